The van der Waals surface area contributed by atoms with E-state index in [-0.39, 0.29) is 0 Å². The minimum Gasteiger partial charge on any atom is -0.328 e. The normalized spacial score (nSPS) is 25.5. The van der Waals surface area contributed by atoms with Gasteiger partial charge in [-0.1, -0.05) is 0 Å². The topological polar surface area (TPSA) is 29.3 Å². The number of nitrogens with two attached hydrogens (primary N) is 1. The van der Waals surface area contributed by atoms with Gasteiger partial charge in [-0.05, 0) is 70.7 Å². The summed E-state index contributed by atoms with van der Waals surface area (Å²) in [4.78, 5) is 3.87. The highest BCUT2D eigenvalue weighted by Crippen LogP contribution is 2.33. The zero-order valence-electron chi connectivity index (χ0n) is 9.96. The first-order valence-corrected chi connectivity index (χ1v) is 8.36. The van der Waals surface area contributed by atoms with Crippen molar-refractivity contribution < 1.29 is 0 Å². The van der Waals surface area contributed by atoms with Crippen molar-refractivity contribution in [3.63, 3.8) is 0 Å². The van der Waals surface area contributed by atoms with Crippen LogP contribution in [0.3, 0.4) is 0 Å². The summed E-state index contributed by atoms with van der Waals surface area (Å²) in [5.74, 6) is 0. The van der Waals surface area contributed by atoms with Crippen molar-refractivity contribution in [2.24, 2.45) is 5.73 Å². The second-order valence-electron chi connectivity index (χ2n) is 4.82. The predicted octanol–water partition coefficient (Wildman–Crippen LogP) is 3.97. The molecule has 96 valence electrons. The van der Waals surface area contributed by atoms with Crippen LogP contribution in [0.1, 0.15) is 30.6 Å². The second kappa shape index (κ2) is 6.15. The molecule has 0 bridgehead atoms. The minimum atomic E-state index is 0.435. The molecule has 0 saturated heterocycles. The Kier molecular flexibility index (Phi) is 5.06. The molecule has 1 aliphatic carbocycles. The van der Waals surface area contributed by atoms with Crippen LogP contribution in [0.25, 0.3) is 0 Å². The van der Waals surface area contributed by atoms with Crippen molar-refractivity contribution in [2.75, 3.05) is 7.05 Å². The standard InChI is InChI=1S/C12H18Br2N2S/c1-16(9-4-2-8(15)3-5-9)7-10-6-11(13)12(14)17-10/h6,8-9H,2-5,7,15H2,1H3. The van der Waals surface area contributed by atoms with Crippen molar-refractivity contribution >= 4 is 43.2 Å². The number of nitrogens with zero attached hydrogens (tertiary/aromatic N) is 1. The summed E-state index contributed by atoms with van der Waals surface area (Å²) < 4.78 is 2.35. The van der Waals surface area contributed by atoms with Crippen molar-refractivity contribution in [3.05, 3.63) is 19.2 Å². The lowest BCUT2D eigenvalue weighted by molar-refractivity contribution is 0.177. The van der Waals surface area contributed by atoms with Crippen molar-refractivity contribution in [2.45, 2.75) is 44.3 Å². The summed E-state index contributed by atoms with van der Waals surface area (Å²) in [6.07, 6.45) is 4.83. The van der Waals surface area contributed by atoms with Crippen LogP contribution in [-0.2, 0) is 6.54 Å². The van der Waals surface area contributed by atoms with Gasteiger partial charge in [0, 0.05) is 28.0 Å². The summed E-state index contributed by atoms with van der Waals surface area (Å²) in [7, 11) is 2.23. The zero-order valence-corrected chi connectivity index (χ0v) is 13.9. The number of hydrogen-bond acceptors (Lipinski definition) is 3. The predicted molar refractivity (Wildman–Crippen MR) is 81.4 cm³/mol. The van der Waals surface area contributed by atoms with E-state index < -0.39 is 0 Å². The van der Waals surface area contributed by atoms with Gasteiger partial charge in [-0.2, -0.15) is 0 Å². The fourth-order valence-corrected chi connectivity index (χ4v) is 4.63. The molecule has 0 aliphatic heterocycles. The maximum atomic E-state index is 5.94. The molecule has 1 heterocycles. The summed E-state index contributed by atoms with van der Waals surface area (Å²) in [5.41, 5.74) is 5.94. The lowest BCUT2D eigenvalue weighted by Gasteiger charge is -2.33. The Balaban J connectivity index is 1.90. The molecule has 5 heteroatoms. The van der Waals surface area contributed by atoms with E-state index in [0.29, 0.717) is 12.1 Å². The molecule has 1 aliphatic rings. The lowest BCUT2D eigenvalue weighted by atomic mass is 9.91. The first-order valence-electron chi connectivity index (χ1n) is 5.96. The van der Waals surface area contributed by atoms with Gasteiger partial charge in [-0.25, -0.2) is 0 Å². The Hall–Kier alpha value is 0.580. The van der Waals surface area contributed by atoms with E-state index in [9.17, 15) is 0 Å². The Morgan fingerprint density at radius 1 is 1.35 bits per heavy atom. The molecular weight excluding hydrogens is 364 g/mol. The number of hydrogen-bond donors (Lipinski definition) is 1. The summed E-state index contributed by atoms with van der Waals surface area (Å²) in [6.45, 7) is 1.04. The summed E-state index contributed by atoms with van der Waals surface area (Å²) >= 11 is 8.90. The van der Waals surface area contributed by atoms with Crippen molar-refractivity contribution in [3.8, 4) is 0 Å². The van der Waals surface area contributed by atoms with Crippen LogP contribution in [0.4, 0.5) is 0 Å². The van der Waals surface area contributed by atoms with Crippen LogP contribution >= 0.6 is 43.2 Å². The van der Waals surface area contributed by atoms with Gasteiger partial charge >= 0.3 is 0 Å². The molecule has 1 saturated carbocycles. The molecule has 0 amide bonds. The number of halogens is 2. The van der Waals surface area contributed by atoms with Crippen LogP contribution in [0.15, 0.2) is 14.3 Å². The first-order chi connectivity index (χ1) is 8.06. The van der Waals surface area contributed by atoms with E-state index in [2.05, 4.69) is 49.9 Å². The molecule has 2 N–H and O–H groups in total. The summed E-state index contributed by atoms with van der Waals surface area (Å²) in [5, 5.41) is 0. The largest absolute Gasteiger partial charge is 0.328 e. The molecular formula is C12H18Br2N2S. The molecule has 2 rings (SSSR count). The fourth-order valence-electron chi connectivity index (χ4n) is 2.39. The van der Waals surface area contributed by atoms with Crippen LogP contribution in [0.2, 0.25) is 0 Å². The van der Waals surface area contributed by atoms with Gasteiger partial charge in [0.05, 0.1) is 3.79 Å². The van der Waals surface area contributed by atoms with Gasteiger partial charge in [0.1, 0.15) is 0 Å². The maximum Gasteiger partial charge on any atom is 0.0843 e. The quantitative estimate of drug-likeness (QED) is 0.857. The van der Waals surface area contributed by atoms with Crippen LogP contribution in [0, 0.1) is 0 Å². The van der Waals surface area contributed by atoms with Crippen molar-refractivity contribution in [1.29, 1.82) is 0 Å². The highest BCUT2D eigenvalue weighted by atomic mass is 79.9. The van der Waals surface area contributed by atoms with Gasteiger partial charge in [-0.15, -0.1) is 11.3 Å². The molecule has 0 aromatic carbocycles. The molecule has 2 nitrogen and oxygen atoms in total. The van der Waals surface area contributed by atoms with Gasteiger partial charge in [0.25, 0.3) is 0 Å². The van der Waals surface area contributed by atoms with Gasteiger partial charge in [0.2, 0.25) is 0 Å². The van der Waals surface area contributed by atoms with E-state index in [1.54, 1.807) is 0 Å². The van der Waals surface area contributed by atoms with E-state index in [1.165, 1.54) is 34.3 Å². The Labute approximate surface area is 124 Å². The Bertz CT molecular complexity index is 353. The molecule has 0 unspecified atom stereocenters. The smallest absolute Gasteiger partial charge is 0.0843 e. The molecule has 0 atom stereocenters. The molecule has 0 spiro atoms. The number of rotatable bonds is 3. The lowest BCUT2D eigenvalue weighted by Crippen LogP contribution is -2.38. The third-order valence-corrected chi connectivity index (χ3v) is 6.71. The molecule has 1 aromatic rings. The zero-order chi connectivity index (χ0) is 12.4. The molecule has 17 heavy (non-hydrogen) atoms. The van der Waals surface area contributed by atoms with E-state index in [1.807, 2.05) is 11.3 Å². The van der Waals surface area contributed by atoms with Crippen LogP contribution in [-0.4, -0.2) is 24.0 Å². The highest BCUT2D eigenvalue weighted by Gasteiger charge is 2.22. The van der Waals surface area contributed by atoms with Crippen LogP contribution < -0.4 is 5.73 Å². The average Bonchev–Trinajstić information content (AvgIpc) is 2.58. The third kappa shape index (κ3) is 3.77. The van der Waals surface area contributed by atoms with Gasteiger partial charge < -0.3 is 5.73 Å². The van der Waals surface area contributed by atoms with Crippen molar-refractivity contribution in [1.82, 2.24) is 4.90 Å². The van der Waals surface area contributed by atoms with E-state index >= 15 is 0 Å². The van der Waals surface area contributed by atoms with Crippen LogP contribution in [0.5, 0.6) is 0 Å². The maximum absolute atomic E-state index is 5.94. The minimum absolute atomic E-state index is 0.435. The van der Waals surface area contributed by atoms with E-state index in [4.69, 9.17) is 5.73 Å². The second-order valence-corrected chi connectivity index (χ2v) is 8.13. The van der Waals surface area contributed by atoms with Gasteiger partial charge in [-0.3, -0.25) is 4.90 Å². The SMILES string of the molecule is CN(Cc1cc(Br)c(Br)s1)C1CCC(N)CC1. The number of thiophene rings is 1. The molecule has 0 radical (unpaired) electrons. The van der Waals surface area contributed by atoms with Gasteiger partial charge in [0.15, 0.2) is 0 Å². The average molecular weight is 382 g/mol. The third-order valence-electron chi connectivity index (χ3n) is 3.47. The Morgan fingerprint density at radius 2 is 2.00 bits per heavy atom. The molecule has 1 fully saturated rings. The monoisotopic (exact) mass is 380 g/mol. The molecule has 1 aromatic heterocycles. The van der Waals surface area contributed by atoms with E-state index in [0.717, 1.165) is 11.0 Å². The highest BCUT2D eigenvalue weighted by molar-refractivity contribution is 9.13. The Morgan fingerprint density at radius 3 is 2.53 bits per heavy atom. The first kappa shape index (κ1) is 14.0. The fraction of sp³-hybridized carbons (Fsp3) is 0.667. The summed E-state index contributed by atoms with van der Waals surface area (Å²) in [6, 6.07) is 3.35.